The molecule has 0 saturated carbocycles. The van der Waals surface area contributed by atoms with Crippen molar-refractivity contribution in [3.05, 3.63) is 0 Å². The quantitative estimate of drug-likeness (QED) is 0.0223. The van der Waals surface area contributed by atoms with Crippen LogP contribution in [0, 0.1) is 5.92 Å². The van der Waals surface area contributed by atoms with Crippen LogP contribution in [0.2, 0.25) is 0 Å². The number of phosphoric acid groups is 2. The van der Waals surface area contributed by atoms with Gasteiger partial charge in [-0.2, -0.15) is 0 Å². The maximum Gasteiger partial charge on any atom is 0.472 e. The Kier molecular flexibility index (Phi) is 38.9. The van der Waals surface area contributed by atoms with Crippen molar-refractivity contribution in [2.45, 2.75) is 220 Å². The Hall–Kier alpha value is -1.94. The summed E-state index contributed by atoms with van der Waals surface area (Å²) in [6.45, 7) is 6.67. The van der Waals surface area contributed by atoms with Crippen molar-refractivity contribution < 1.29 is 80.2 Å². The van der Waals surface area contributed by atoms with E-state index < -0.39 is 97.5 Å². The molecule has 0 bridgehead atoms. The standard InChI is InChI=1S/C45H86O17P2/c1-6-9-12-17-23-28-42(47)55-34-40(61-44(49)30-25-19-14-11-8-3)36-59-63(51,52)57-32-39(46)33-58-64(53,54)60-37-41(35-56-43(48)29-24-18-13-10-7-2)62-45(50)31-26-21-16-15-20-22-27-38(4)5/h38-41,46H,6-37H2,1-5H3,(H,51,52)(H,53,54)/t39-,40+,41+/m0/s1. The molecular weight excluding hydrogens is 874 g/mol. The van der Waals surface area contributed by atoms with E-state index in [4.69, 9.17) is 37.0 Å². The highest BCUT2D eigenvalue weighted by Crippen LogP contribution is 2.45. The SMILES string of the molecule is CCCCCCCC(=O)OC[C@H](COP(=O)(O)OC[C@H](O)COP(=O)(O)OC[C@@H](COC(=O)CCCCCCC)OC(=O)CCCCCCCCC(C)C)OC(=O)CCCCCCC. The van der Waals surface area contributed by atoms with Crippen LogP contribution in [0.5, 0.6) is 0 Å². The normalized spacial score (nSPS) is 14.9. The highest BCUT2D eigenvalue weighted by atomic mass is 31.2. The molecule has 0 spiro atoms. The zero-order valence-electron chi connectivity index (χ0n) is 39.9. The summed E-state index contributed by atoms with van der Waals surface area (Å²) in [6.07, 6.45) is 17.0. The third kappa shape index (κ3) is 40.3. The summed E-state index contributed by atoms with van der Waals surface area (Å²) >= 11 is 0. The maximum absolute atomic E-state index is 12.7. The highest BCUT2D eigenvalue weighted by Gasteiger charge is 2.30. The van der Waals surface area contributed by atoms with Crippen molar-refractivity contribution in [1.29, 1.82) is 0 Å². The summed E-state index contributed by atoms with van der Waals surface area (Å²) in [5.74, 6) is -1.53. The molecule has 0 aliphatic carbocycles. The van der Waals surface area contributed by atoms with Crippen LogP contribution in [0.4, 0.5) is 0 Å². The first-order valence-electron chi connectivity index (χ1n) is 24.1. The molecule has 0 aromatic heterocycles. The van der Waals surface area contributed by atoms with E-state index in [1.165, 1.54) is 12.8 Å². The third-order valence-electron chi connectivity index (χ3n) is 10.0. The fourth-order valence-corrected chi connectivity index (χ4v) is 7.80. The summed E-state index contributed by atoms with van der Waals surface area (Å²) in [4.78, 5) is 70.5. The Labute approximate surface area is 384 Å². The van der Waals surface area contributed by atoms with Crippen LogP contribution < -0.4 is 0 Å². The average molecular weight is 961 g/mol. The van der Waals surface area contributed by atoms with Crippen molar-refractivity contribution in [3.63, 3.8) is 0 Å². The van der Waals surface area contributed by atoms with Crippen LogP contribution in [0.1, 0.15) is 202 Å². The van der Waals surface area contributed by atoms with Gasteiger partial charge in [0.05, 0.1) is 26.4 Å². The van der Waals surface area contributed by atoms with Gasteiger partial charge in [-0.15, -0.1) is 0 Å². The predicted molar refractivity (Wildman–Crippen MR) is 243 cm³/mol. The lowest BCUT2D eigenvalue weighted by atomic mass is 10.0. The lowest BCUT2D eigenvalue weighted by Gasteiger charge is -2.21. The number of hydrogen-bond donors (Lipinski definition) is 3. The van der Waals surface area contributed by atoms with Gasteiger partial charge in [0, 0.05) is 25.7 Å². The molecule has 5 atom stereocenters. The Bertz CT molecular complexity index is 1300. The molecule has 0 amide bonds. The summed E-state index contributed by atoms with van der Waals surface area (Å²) in [5, 5.41) is 10.3. The molecule has 64 heavy (non-hydrogen) atoms. The zero-order chi connectivity index (χ0) is 47.9. The summed E-state index contributed by atoms with van der Waals surface area (Å²) in [6, 6.07) is 0. The number of carbonyl (C=O) groups is 4. The van der Waals surface area contributed by atoms with Gasteiger partial charge in [-0.05, 0) is 31.6 Å². The molecule has 3 N–H and O–H groups in total. The van der Waals surface area contributed by atoms with Gasteiger partial charge in [0.1, 0.15) is 19.3 Å². The van der Waals surface area contributed by atoms with Gasteiger partial charge >= 0.3 is 39.5 Å². The van der Waals surface area contributed by atoms with Gasteiger partial charge in [0.15, 0.2) is 12.2 Å². The summed E-state index contributed by atoms with van der Waals surface area (Å²) in [5.41, 5.74) is 0. The van der Waals surface area contributed by atoms with E-state index in [2.05, 4.69) is 34.6 Å². The molecule has 0 rings (SSSR count). The fraction of sp³-hybridized carbons (Fsp3) is 0.911. The molecular formula is C45H86O17P2. The second-order valence-corrected chi connectivity index (χ2v) is 19.8. The first kappa shape index (κ1) is 62.1. The number of rotatable bonds is 45. The highest BCUT2D eigenvalue weighted by molar-refractivity contribution is 7.47. The summed E-state index contributed by atoms with van der Waals surface area (Å²) in [7, 11) is -9.82. The molecule has 0 heterocycles. The smallest absolute Gasteiger partial charge is 0.462 e. The molecule has 2 unspecified atom stereocenters. The van der Waals surface area contributed by atoms with Crippen molar-refractivity contribution in [2.24, 2.45) is 5.92 Å². The first-order valence-corrected chi connectivity index (χ1v) is 27.1. The fourth-order valence-electron chi connectivity index (χ4n) is 6.22. The van der Waals surface area contributed by atoms with E-state index in [1.807, 2.05) is 0 Å². The lowest BCUT2D eigenvalue weighted by Crippen LogP contribution is -2.30. The number of carbonyl (C=O) groups excluding carboxylic acids is 4. The van der Waals surface area contributed by atoms with Crippen LogP contribution in [-0.2, 0) is 65.4 Å². The average Bonchev–Trinajstić information content (AvgIpc) is 3.24. The van der Waals surface area contributed by atoms with Crippen molar-refractivity contribution >= 4 is 39.5 Å². The Balaban J connectivity index is 5.13. The second kappa shape index (κ2) is 40.2. The minimum atomic E-state index is -4.91. The van der Waals surface area contributed by atoms with Gasteiger partial charge in [-0.1, -0.05) is 150 Å². The zero-order valence-corrected chi connectivity index (χ0v) is 41.7. The molecule has 19 heteroatoms. The Morgan fingerprint density at radius 2 is 0.719 bits per heavy atom. The molecule has 0 aliphatic rings. The topological polar surface area (TPSA) is 237 Å². The second-order valence-electron chi connectivity index (χ2n) is 16.9. The first-order chi connectivity index (χ1) is 30.5. The van der Waals surface area contributed by atoms with Crippen LogP contribution in [0.15, 0.2) is 0 Å². The number of unbranched alkanes of at least 4 members (excludes halogenated alkanes) is 17. The number of hydrogen-bond acceptors (Lipinski definition) is 15. The lowest BCUT2D eigenvalue weighted by molar-refractivity contribution is -0.161. The van der Waals surface area contributed by atoms with Gasteiger partial charge in [0.25, 0.3) is 0 Å². The third-order valence-corrected chi connectivity index (χ3v) is 11.9. The van der Waals surface area contributed by atoms with E-state index in [9.17, 15) is 43.2 Å². The number of ether oxygens (including phenoxy) is 4. The minimum absolute atomic E-state index is 0.0982. The molecule has 0 aromatic rings. The van der Waals surface area contributed by atoms with Gasteiger partial charge in [-0.25, -0.2) is 9.13 Å². The van der Waals surface area contributed by atoms with Crippen LogP contribution in [0.3, 0.4) is 0 Å². The summed E-state index contributed by atoms with van der Waals surface area (Å²) < 4.78 is 66.5. The maximum atomic E-state index is 12.7. The van der Waals surface area contributed by atoms with E-state index in [1.54, 1.807) is 0 Å². The number of esters is 4. The van der Waals surface area contributed by atoms with E-state index >= 15 is 0 Å². The Morgan fingerprint density at radius 1 is 0.422 bits per heavy atom. The molecule has 0 aliphatic heterocycles. The van der Waals surface area contributed by atoms with E-state index in [0.29, 0.717) is 31.6 Å². The monoisotopic (exact) mass is 961 g/mol. The molecule has 0 fully saturated rings. The van der Waals surface area contributed by atoms with Gasteiger partial charge in [0.2, 0.25) is 0 Å². The number of aliphatic hydroxyl groups is 1. The largest absolute Gasteiger partial charge is 0.472 e. The predicted octanol–water partition coefficient (Wildman–Crippen LogP) is 10.4. The minimum Gasteiger partial charge on any atom is -0.462 e. The molecule has 17 nitrogen and oxygen atoms in total. The van der Waals surface area contributed by atoms with Crippen molar-refractivity contribution in [2.75, 3.05) is 39.6 Å². The molecule has 0 aromatic carbocycles. The molecule has 0 saturated heterocycles. The van der Waals surface area contributed by atoms with Crippen molar-refractivity contribution in [1.82, 2.24) is 0 Å². The van der Waals surface area contributed by atoms with E-state index in [0.717, 1.165) is 103 Å². The number of aliphatic hydroxyl groups excluding tert-OH is 1. The van der Waals surface area contributed by atoms with Crippen LogP contribution in [0.25, 0.3) is 0 Å². The van der Waals surface area contributed by atoms with E-state index in [-0.39, 0.29) is 25.7 Å². The van der Waals surface area contributed by atoms with Crippen LogP contribution in [-0.4, -0.2) is 96.7 Å². The van der Waals surface area contributed by atoms with Gasteiger partial charge in [-0.3, -0.25) is 37.3 Å². The molecule has 0 radical (unpaired) electrons. The van der Waals surface area contributed by atoms with Crippen molar-refractivity contribution in [3.8, 4) is 0 Å². The molecule has 378 valence electrons. The Morgan fingerprint density at radius 3 is 1.06 bits per heavy atom. The van der Waals surface area contributed by atoms with Crippen LogP contribution >= 0.6 is 15.6 Å². The van der Waals surface area contributed by atoms with Gasteiger partial charge < -0.3 is 33.8 Å². The number of phosphoric ester groups is 2.